The minimum Gasteiger partial charge on any atom is -0.392 e. The molecule has 1 heterocycles. The maximum Gasteiger partial charge on any atom is 0.214 e. The fourth-order valence-corrected chi connectivity index (χ4v) is 4.36. The minimum atomic E-state index is -3.07. The van der Waals surface area contributed by atoms with Crippen LogP contribution in [0.15, 0.2) is 0 Å². The summed E-state index contributed by atoms with van der Waals surface area (Å²) in [6.45, 7) is 6.44. The van der Waals surface area contributed by atoms with E-state index < -0.39 is 10.0 Å². The predicted molar refractivity (Wildman–Crippen MR) is 80.5 cm³/mol. The fraction of sp³-hybridized carbons (Fsp3) is 0.917. The largest absolute Gasteiger partial charge is 0.392 e. The molecule has 2 fully saturated rings. The highest BCUT2D eigenvalue weighted by Gasteiger charge is 2.37. The van der Waals surface area contributed by atoms with Crippen LogP contribution in [0.4, 0.5) is 0 Å². The lowest BCUT2D eigenvalue weighted by atomic mass is 10.0. The van der Waals surface area contributed by atoms with Crippen molar-refractivity contribution in [1.82, 2.24) is 9.21 Å². The first-order chi connectivity index (χ1) is 8.73. The van der Waals surface area contributed by atoms with Gasteiger partial charge in [-0.2, -0.15) is 4.31 Å². The van der Waals surface area contributed by atoms with Crippen LogP contribution in [-0.4, -0.2) is 60.1 Å². The van der Waals surface area contributed by atoms with E-state index in [0.29, 0.717) is 42.8 Å². The Bertz CT molecular complexity index is 450. The van der Waals surface area contributed by atoms with Crippen LogP contribution < -0.4 is 5.73 Å². The van der Waals surface area contributed by atoms with Gasteiger partial charge in [-0.1, -0.05) is 12.2 Å². The van der Waals surface area contributed by atoms with E-state index in [1.807, 2.05) is 13.8 Å². The first kappa shape index (κ1) is 15.2. The molecule has 2 N–H and O–H groups in total. The molecule has 0 aromatic rings. The van der Waals surface area contributed by atoms with Crippen LogP contribution in [0.5, 0.6) is 0 Å². The van der Waals surface area contributed by atoms with Gasteiger partial charge in [0.15, 0.2) is 0 Å². The zero-order chi connectivity index (χ0) is 14.3. The van der Waals surface area contributed by atoms with Crippen LogP contribution >= 0.6 is 12.2 Å². The maximum absolute atomic E-state index is 12.2. The zero-order valence-electron chi connectivity index (χ0n) is 11.6. The van der Waals surface area contributed by atoms with Crippen molar-refractivity contribution >= 4 is 27.2 Å². The average Bonchev–Trinajstić information content (AvgIpc) is 3.12. The summed E-state index contributed by atoms with van der Waals surface area (Å²) in [7, 11) is -3.07. The molecule has 19 heavy (non-hydrogen) atoms. The van der Waals surface area contributed by atoms with E-state index in [1.54, 1.807) is 4.31 Å². The molecule has 0 spiro atoms. The lowest BCUT2D eigenvalue weighted by Crippen LogP contribution is -2.60. The highest BCUT2D eigenvalue weighted by molar-refractivity contribution is 7.89. The monoisotopic (exact) mass is 305 g/mol. The van der Waals surface area contributed by atoms with E-state index in [2.05, 4.69) is 4.90 Å². The highest BCUT2D eigenvalue weighted by atomic mass is 32.2. The Hall–Kier alpha value is -0.240. The van der Waals surface area contributed by atoms with Crippen molar-refractivity contribution in [3.8, 4) is 0 Å². The molecule has 0 unspecified atom stereocenters. The number of hydrogen-bond acceptors (Lipinski definition) is 4. The number of hydrogen-bond donors (Lipinski definition) is 1. The summed E-state index contributed by atoms with van der Waals surface area (Å²) in [6.07, 6.45) is 2.13. The van der Waals surface area contributed by atoms with Gasteiger partial charge in [0.1, 0.15) is 0 Å². The van der Waals surface area contributed by atoms with Crippen molar-refractivity contribution in [2.24, 2.45) is 11.7 Å². The molecule has 0 atom stereocenters. The number of sulfonamides is 1. The summed E-state index contributed by atoms with van der Waals surface area (Å²) >= 11 is 5.08. The SMILES string of the molecule is CC(C)(C(N)=S)N1CCN(S(=O)(=O)CC2CC2)CC1. The Labute approximate surface area is 121 Å². The molecule has 0 aromatic carbocycles. The molecule has 0 amide bonds. The molecule has 0 aromatic heterocycles. The second kappa shape index (κ2) is 5.27. The van der Waals surface area contributed by atoms with Crippen molar-refractivity contribution in [1.29, 1.82) is 0 Å². The van der Waals surface area contributed by atoms with Gasteiger partial charge in [-0.25, -0.2) is 8.42 Å². The van der Waals surface area contributed by atoms with Crippen LogP contribution in [0.25, 0.3) is 0 Å². The van der Waals surface area contributed by atoms with Crippen molar-refractivity contribution in [3.05, 3.63) is 0 Å². The van der Waals surface area contributed by atoms with Crippen molar-refractivity contribution in [2.45, 2.75) is 32.2 Å². The smallest absolute Gasteiger partial charge is 0.214 e. The van der Waals surface area contributed by atoms with E-state index in [0.717, 1.165) is 12.8 Å². The molecule has 1 saturated heterocycles. The molecule has 2 aliphatic rings. The van der Waals surface area contributed by atoms with Gasteiger partial charge in [-0.15, -0.1) is 0 Å². The first-order valence-electron chi connectivity index (χ1n) is 6.76. The maximum atomic E-state index is 12.2. The van der Waals surface area contributed by atoms with Gasteiger partial charge < -0.3 is 5.73 Å². The van der Waals surface area contributed by atoms with Gasteiger partial charge in [0.2, 0.25) is 10.0 Å². The molecule has 5 nitrogen and oxygen atoms in total. The number of thiocarbonyl (C=S) groups is 1. The van der Waals surface area contributed by atoms with E-state index >= 15 is 0 Å². The van der Waals surface area contributed by atoms with E-state index in [9.17, 15) is 8.42 Å². The molecule has 1 aliphatic heterocycles. The first-order valence-corrected chi connectivity index (χ1v) is 8.78. The molecule has 1 saturated carbocycles. The molecule has 0 bridgehead atoms. The third-order valence-corrected chi connectivity index (χ3v) is 6.71. The Morgan fingerprint density at radius 3 is 2.21 bits per heavy atom. The normalized spacial score (nSPS) is 23.5. The summed E-state index contributed by atoms with van der Waals surface area (Å²) in [4.78, 5) is 2.63. The van der Waals surface area contributed by atoms with Crippen molar-refractivity contribution in [2.75, 3.05) is 31.9 Å². The van der Waals surface area contributed by atoms with Crippen LogP contribution in [-0.2, 0) is 10.0 Å². The van der Waals surface area contributed by atoms with Gasteiger partial charge >= 0.3 is 0 Å². The Morgan fingerprint density at radius 1 is 1.26 bits per heavy atom. The number of rotatable bonds is 5. The fourth-order valence-electron chi connectivity index (χ4n) is 2.37. The van der Waals surface area contributed by atoms with Crippen LogP contribution in [0, 0.1) is 5.92 Å². The van der Waals surface area contributed by atoms with Crippen LogP contribution in [0.1, 0.15) is 26.7 Å². The number of nitrogens with two attached hydrogens (primary N) is 1. The highest BCUT2D eigenvalue weighted by Crippen LogP contribution is 2.31. The lowest BCUT2D eigenvalue weighted by molar-refractivity contribution is 0.123. The average molecular weight is 305 g/mol. The summed E-state index contributed by atoms with van der Waals surface area (Å²) in [5, 5.41) is 0. The van der Waals surface area contributed by atoms with Crippen molar-refractivity contribution in [3.63, 3.8) is 0 Å². The zero-order valence-corrected chi connectivity index (χ0v) is 13.3. The van der Waals surface area contributed by atoms with Gasteiger partial charge in [-0.05, 0) is 32.6 Å². The third-order valence-electron chi connectivity index (χ3n) is 4.17. The second-order valence-electron chi connectivity index (χ2n) is 6.03. The lowest BCUT2D eigenvalue weighted by Gasteiger charge is -2.43. The Balaban J connectivity index is 1.93. The molecule has 0 radical (unpaired) electrons. The predicted octanol–water partition coefficient (Wildman–Crippen LogP) is 0.409. The summed E-state index contributed by atoms with van der Waals surface area (Å²) in [6, 6.07) is 0. The molecule has 7 heteroatoms. The Morgan fingerprint density at radius 2 is 1.79 bits per heavy atom. The third kappa shape index (κ3) is 3.45. The van der Waals surface area contributed by atoms with Crippen molar-refractivity contribution < 1.29 is 8.42 Å². The Kier molecular flexibility index (Phi) is 4.21. The van der Waals surface area contributed by atoms with Crippen LogP contribution in [0.2, 0.25) is 0 Å². The van der Waals surface area contributed by atoms with E-state index in [-0.39, 0.29) is 5.54 Å². The summed E-state index contributed by atoms with van der Waals surface area (Å²) in [5.74, 6) is 0.724. The van der Waals surface area contributed by atoms with E-state index in [1.165, 1.54) is 0 Å². The van der Waals surface area contributed by atoms with Crippen LogP contribution in [0.3, 0.4) is 0 Å². The standard InChI is InChI=1S/C12H23N3O2S2/c1-12(2,11(13)18)14-5-7-15(8-6-14)19(16,17)9-10-3-4-10/h10H,3-9H2,1-2H3,(H2,13,18). The molecule has 1 aliphatic carbocycles. The van der Waals surface area contributed by atoms with Gasteiger partial charge in [0, 0.05) is 26.2 Å². The number of piperazine rings is 1. The molecular formula is C12H23N3O2S2. The quantitative estimate of drug-likeness (QED) is 0.745. The van der Waals surface area contributed by atoms with Gasteiger partial charge in [0.25, 0.3) is 0 Å². The topological polar surface area (TPSA) is 66.6 Å². The number of nitrogens with zero attached hydrogens (tertiary/aromatic N) is 2. The summed E-state index contributed by atoms with van der Waals surface area (Å²) in [5.41, 5.74) is 5.41. The second-order valence-corrected chi connectivity index (χ2v) is 8.48. The molecule has 2 rings (SSSR count). The van der Waals surface area contributed by atoms with Gasteiger partial charge in [-0.3, -0.25) is 4.90 Å². The molecule has 110 valence electrons. The minimum absolute atomic E-state index is 0.325. The van der Waals surface area contributed by atoms with E-state index in [4.69, 9.17) is 18.0 Å². The van der Waals surface area contributed by atoms with Gasteiger partial charge in [0.05, 0.1) is 16.3 Å². The summed E-state index contributed by atoms with van der Waals surface area (Å²) < 4.78 is 26.0. The molecular weight excluding hydrogens is 282 g/mol.